The third kappa shape index (κ3) is 1.60. The Labute approximate surface area is 104 Å². The lowest BCUT2D eigenvalue weighted by Crippen LogP contribution is -2.43. The zero-order valence-electron chi connectivity index (χ0n) is 10.2. The predicted molar refractivity (Wildman–Crippen MR) is 63.2 cm³/mol. The van der Waals surface area contributed by atoms with Crippen molar-refractivity contribution in [1.82, 2.24) is 15.1 Å². The van der Waals surface area contributed by atoms with Gasteiger partial charge in [-0.2, -0.15) is 5.10 Å². The summed E-state index contributed by atoms with van der Waals surface area (Å²) < 4.78 is 5.09. The standard InChI is InChI=1S/C12H15N3O3/c1-2-18-12(17)15-7-3-4-10(15)8-6-11(16)14-13-9(8)5-7/h6-7,10H,2-5H2,1H3,(H,14,16). The molecule has 1 amide bonds. The first-order chi connectivity index (χ1) is 8.70. The second-order valence-corrected chi connectivity index (χ2v) is 4.69. The van der Waals surface area contributed by atoms with Gasteiger partial charge in [0, 0.05) is 24.1 Å². The molecular weight excluding hydrogens is 234 g/mol. The Balaban J connectivity index is 1.99. The Hall–Kier alpha value is -1.85. The van der Waals surface area contributed by atoms with E-state index >= 15 is 0 Å². The van der Waals surface area contributed by atoms with Crippen molar-refractivity contribution >= 4 is 6.09 Å². The molecule has 0 spiro atoms. The molecular formula is C12H15N3O3. The first kappa shape index (κ1) is 11.3. The molecule has 1 fully saturated rings. The number of aromatic amines is 1. The SMILES string of the molecule is CCOC(=O)N1C2CCC1c1cc(=O)[nH]nc1C2. The number of amides is 1. The van der Waals surface area contributed by atoms with Crippen LogP contribution in [0.25, 0.3) is 0 Å². The maximum atomic E-state index is 12.0. The van der Waals surface area contributed by atoms with Gasteiger partial charge in [0.25, 0.3) is 5.56 Å². The van der Waals surface area contributed by atoms with Crippen LogP contribution in [-0.2, 0) is 11.2 Å². The van der Waals surface area contributed by atoms with E-state index in [0.717, 1.165) is 24.1 Å². The number of H-pyrrole nitrogens is 1. The Morgan fingerprint density at radius 1 is 1.61 bits per heavy atom. The van der Waals surface area contributed by atoms with Crippen molar-refractivity contribution in [2.24, 2.45) is 0 Å². The predicted octanol–water partition coefficient (Wildman–Crippen LogP) is 0.988. The number of hydrogen-bond acceptors (Lipinski definition) is 4. The molecule has 2 aliphatic heterocycles. The van der Waals surface area contributed by atoms with Crippen molar-refractivity contribution in [2.45, 2.75) is 38.3 Å². The zero-order chi connectivity index (χ0) is 12.7. The van der Waals surface area contributed by atoms with Gasteiger partial charge in [0.15, 0.2) is 0 Å². The third-order valence-electron chi connectivity index (χ3n) is 3.69. The summed E-state index contributed by atoms with van der Waals surface area (Å²) >= 11 is 0. The molecule has 2 aliphatic rings. The number of rotatable bonds is 1. The third-order valence-corrected chi connectivity index (χ3v) is 3.69. The lowest BCUT2D eigenvalue weighted by molar-refractivity contribution is 0.0832. The van der Waals surface area contributed by atoms with Gasteiger partial charge < -0.3 is 4.74 Å². The summed E-state index contributed by atoms with van der Waals surface area (Å²) in [5.41, 5.74) is 1.56. The average Bonchev–Trinajstić information content (AvgIpc) is 2.67. The summed E-state index contributed by atoms with van der Waals surface area (Å²) in [7, 11) is 0. The van der Waals surface area contributed by atoms with E-state index in [1.165, 1.54) is 0 Å². The van der Waals surface area contributed by atoms with Gasteiger partial charge in [0.05, 0.1) is 18.3 Å². The van der Waals surface area contributed by atoms with E-state index in [-0.39, 0.29) is 23.7 Å². The molecule has 96 valence electrons. The van der Waals surface area contributed by atoms with Gasteiger partial charge in [-0.3, -0.25) is 9.69 Å². The lowest BCUT2D eigenvalue weighted by Gasteiger charge is -2.34. The lowest BCUT2D eigenvalue weighted by atomic mass is 9.99. The average molecular weight is 249 g/mol. The van der Waals surface area contributed by atoms with Crippen LogP contribution in [0.5, 0.6) is 0 Å². The van der Waals surface area contributed by atoms with Crippen LogP contribution in [0.15, 0.2) is 10.9 Å². The van der Waals surface area contributed by atoms with E-state index in [1.807, 2.05) is 0 Å². The number of ether oxygens (including phenoxy) is 1. The van der Waals surface area contributed by atoms with E-state index in [1.54, 1.807) is 17.9 Å². The number of aromatic nitrogens is 2. The molecule has 2 unspecified atom stereocenters. The Morgan fingerprint density at radius 2 is 2.44 bits per heavy atom. The van der Waals surface area contributed by atoms with E-state index < -0.39 is 0 Å². The van der Waals surface area contributed by atoms with Gasteiger partial charge in [0.1, 0.15) is 0 Å². The Morgan fingerprint density at radius 3 is 3.22 bits per heavy atom. The molecule has 6 heteroatoms. The quantitative estimate of drug-likeness (QED) is 0.805. The molecule has 1 N–H and O–H groups in total. The minimum Gasteiger partial charge on any atom is -0.450 e. The van der Waals surface area contributed by atoms with Crippen molar-refractivity contribution in [2.75, 3.05) is 6.61 Å². The fourth-order valence-corrected chi connectivity index (χ4v) is 2.98. The van der Waals surface area contributed by atoms with Crippen LogP contribution in [0.1, 0.15) is 37.1 Å². The van der Waals surface area contributed by atoms with E-state index in [2.05, 4.69) is 10.2 Å². The molecule has 1 saturated heterocycles. The molecule has 3 rings (SSSR count). The fourth-order valence-electron chi connectivity index (χ4n) is 2.98. The summed E-state index contributed by atoms with van der Waals surface area (Å²) in [4.78, 5) is 25.1. The van der Waals surface area contributed by atoms with Crippen LogP contribution in [0, 0.1) is 0 Å². The van der Waals surface area contributed by atoms with E-state index in [4.69, 9.17) is 4.74 Å². The van der Waals surface area contributed by atoms with Crippen molar-refractivity contribution < 1.29 is 9.53 Å². The van der Waals surface area contributed by atoms with Gasteiger partial charge in [-0.05, 0) is 19.8 Å². The van der Waals surface area contributed by atoms with Gasteiger partial charge in [-0.1, -0.05) is 0 Å². The van der Waals surface area contributed by atoms with E-state index in [0.29, 0.717) is 13.0 Å². The smallest absolute Gasteiger partial charge is 0.410 e. The molecule has 1 aromatic rings. The number of carbonyl (C=O) groups excluding carboxylic acids is 1. The summed E-state index contributed by atoms with van der Waals surface area (Å²) in [6.45, 7) is 2.17. The second-order valence-electron chi connectivity index (χ2n) is 4.69. The van der Waals surface area contributed by atoms with Crippen molar-refractivity contribution in [3.8, 4) is 0 Å². The molecule has 6 nitrogen and oxygen atoms in total. The largest absolute Gasteiger partial charge is 0.450 e. The molecule has 0 radical (unpaired) electrons. The highest BCUT2D eigenvalue weighted by atomic mass is 16.6. The highest BCUT2D eigenvalue weighted by Gasteiger charge is 2.44. The van der Waals surface area contributed by atoms with Gasteiger partial charge in [0.2, 0.25) is 0 Å². The van der Waals surface area contributed by atoms with Gasteiger partial charge >= 0.3 is 6.09 Å². The van der Waals surface area contributed by atoms with Crippen LogP contribution in [0.3, 0.4) is 0 Å². The fraction of sp³-hybridized carbons (Fsp3) is 0.583. The maximum absolute atomic E-state index is 12.0. The van der Waals surface area contributed by atoms with Gasteiger partial charge in [-0.25, -0.2) is 9.89 Å². The van der Waals surface area contributed by atoms with Gasteiger partial charge in [-0.15, -0.1) is 0 Å². The molecule has 0 saturated carbocycles. The van der Waals surface area contributed by atoms with Crippen molar-refractivity contribution in [3.05, 3.63) is 27.7 Å². The Bertz CT molecular complexity index is 540. The van der Waals surface area contributed by atoms with Crippen LogP contribution in [0.4, 0.5) is 4.79 Å². The topological polar surface area (TPSA) is 75.3 Å². The van der Waals surface area contributed by atoms with Crippen LogP contribution >= 0.6 is 0 Å². The molecule has 0 aliphatic carbocycles. The van der Waals surface area contributed by atoms with Crippen LogP contribution < -0.4 is 5.56 Å². The first-order valence-electron chi connectivity index (χ1n) is 6.24. The molecule has 2 atom stereocenters. The summed E-state index contributed by atoms with van der Waals surface area (Å²) in [6, 6.07) is 1.66. The number of nitrogens with one attached hydrogen (secondary N) is 1. The Kier molecular flexibility index (Phi) is 2.57. The van der Waals surface area contributed by atoms with Crippen LogP contribution in [0.2, 0.25) is 0 Å². The number of carbonyl (C=O) groups is 1. The van der Waals surface area contributed by atoms with Crippen molar-refractivity contribution in [1.29, 1.82) is 0 Å². The normalized spacial score (nSPS) is 24.8. The zero-order valence-corrected chi connectivity index (χ0v) is 10.2. The highest BCUT2D eigenvalue weighted by molar-refractivity contribution is 5.70. The minimum absolute atomic E-state index is 0.0485. The molecule has 18 heavy (non-hydrogen) atoms. The van der Waals surface area contributed by atoms with Crippen molar-refractivity contribution in [3.63, 3.8) is 0 Å². The summed E-state index contributed by atoms with van der Waals surface area (Å²) in [5.74, 6) is 0. The molecule has 3 heterocycles. The second kappa shape index (κ2) is 4.12. The molecule has 1 aromatic heterocycles. The number of hydrogen-bond donors (Lipinski definition) is 1. The number of nitrogens with zero attached hydrogens (tertiary/aromatic N) is 2. The molecule has 2 bridgehead atoms. The summed E-state index contributed by atoms with van der Waals surface area (Å²) in [6.07, 6.45) is 2.23. The summed E-state index contributed by atoms with van der Waals surface area (Å²) in [5, 5.41) is 6.54. The van der Waals surface area contributed by atoms with Crippen LogP contribution in [-0.4, -0.2) is 33.8 Å². The first-order valence-corrected chi connectivity index (χ1v) is 6.24. The van der Waals surface area contributed by atoms with E-state index in [9.17, 15) is 9.59 Å². The molecule has 0 aromatic carbocycles. The minimum atomic E-state index is -0.282. The highest BCUT2D eigenvalue weighted by Crippen LogP contribution is 2.42. The number of fused-ring (bicyclic) bond motifs is 4. The maximum Gasteiger partial charge on any atom is 0.410 e. The monoisotopic (exact) mass is 249 g/mol.